The minimum Gasteiger partial charge on any atom is -0.387 e. The Bertz CT molecular complexity index is 944. The van der Waals surface area contributed by atoms with E-state index in [0.717, 1.165) is 43.0 Å². The Hall–Kier alpha value is -2.03. The van der Waals surface area contributed by atoms with E-state index in [1.807, 2.05) is 29.1 Å². The van der Waals surface area contributed by atoms with Crippen LogP contribution < -0.4 is 5.56 Å². The summed E-state index contributed by atoms with van der Waals surface area (Å²) >= 11 is 1.42. The molecule has 0 amide bonds. The van der Waals surface area contributed by atoms with Gasteiger partial charge in [-0.05, 0) is 30.4 Å². The van der Waals surface area contributed by atoms with Gasteiger partial charge in [-0.15, -0.1) is 11.3 Å². The van der Waals surface area contributed by atoms with E-state index in [2.05, 4.69) is 20.0 Å². The van der Waals surface area contributed by atoms with Crippen molar-refractivity contribution in [2.45, 2.75) is 45.5 Å². The number of nitrogens with zero attached hydrogens (tertiary/aromatic N) is 4. The summed E-state index contributed by atoms with van der Waals surface area (Å²) in [4.78, 5) is 21.9. The topological polar surface area (TPSA) is 87.0 Å². The van der Waals surface area contributed by atoms with Gasteiger partial charge < -0.3 is 10.1 Å². The zero-order valence-electron chi connectivity index (χ0n) is 14.1. The fourth-order valence-corrected chi connectivity index (χ4v) is 3.99. The van der Waals surface area contributed by atoms with Crippen LogP contribution >= 0.6 is 11.3 Å². The van der Waals surface area contributed by atoms with Crippen LogP contribution in [0.2, 0.25) is 0 Å². The number of hydrogen-bond acceptors (Lipinski definition) is 6. The summed E-state index contributed by atoms with van der Waals surface area (Å²) in [7, 11) is 0. The van der Waals surface area contributed by atoms with E-state index < -0.39 is 6.10 Å². The van der Waals surface area contributed by atoms with Crippen LogP contribution in [0.25, 0.3) is 10.2 Å². The van der Waals surface area contributed by atoms with E-state index in [1.54, 1.807) is 0 Å². The maximum atomic E-state index is 12.1. The Kier molecular flexibility index (Phi) is 4.41. The van der Waals surface area contributed by atoms with Crippen molar-refractivity contribution in [3.8, 4) is 0 Å². The number of fused-ring (bicyclic) bond motifs is 2. The molecule has 1 aliphatic heterocycles. The number of rotatable bonds is 4. The molecular formula is C17H21N5O2S. The summed E-state index contributed by atoms with van der Waals surface area (Å²) in [6.07, 6.45) is 1.12. The minimum absolute atomic E-state index is 0.0665. The molecule has 25 heavy (non-hydrogen) atoms. The van der Waals surface area contributed by atoms with Gasteiger partial charge in [0.15, 0.2) is 0 Å². The molecule has 1 unspecified atom stereocenters. The fourth-order valence-electron chi connectivity index (χ4n) is 3.27. The van der Waals surface area contributed by atoms with Crippen LogP contribution in [0.5, 0.6) is 0 Å². The Labute approximate surface area is 148 Å². The van der Waals surface area contributed by atoms with Gasteiger partial charge in [-0.2, -0.15) is 5.10 Å². The number of nitrogens with one attached hydrogen (secondary N) is 1. The highest BCUT2D eigenvalue weighted by atomic mass is 32.1. The van der Waals surface area contributed by atoms with Gasteiger partial charge in [0.25, 0.3) is 5.56 Å². The fraction of sp³-hybridized carbons (Fsp3) is 0.471. The van der Waals surface area contributed by atoms with Crippen molar-refractivity contribution in [1.29, 1.82) is 0 Å². The summed E-state index contributed by atoms with van der Waals surface area (Å²) in [5.74, 6) is 0.692. The van der Waals surface area contributed by atoms with Crippen LogP contribution in [-0.4, -0.2) is 36.3 Å². The van der Waals surface area contributed by atoms with Crippen molar-refractivity contribution in [3.05, 3.63) is 45.1 Å². The lowest BCUT2D eigenvalue weighted by molar-refractivity contribution is 0.167. The van der Waals surface area contributed by atoms with Gasteiger partial charge in [-0.1, -0.05) is 6.92 Å². The van der Waals surface area contributed by atoms with E-state index in [0.29, 0.717) is 23.5 Å². The number of aryl methyl sites for hydroxylation is 1. The Morgan fingerprint density at radius 2 is 2.32 bits per heavy atom. The maximum Gasteiger partial charge on any atom is 0.268 e. The smallest absolute Gasteiger partial charge is 0.268 e. The van der Waals surface area contributed by atoms with Crippen molar-refractivity contribution in [3.63, 3.8) is 0 Å². The van der Waals surface area contributed by atoms with E-state index in [9.17, 15) is 9.90 Å². The number of thiophene rings is 1. The second kappa shape index (κ2) is 6.70. The highest BCUT2D eigenvalue weighted by Gasteiger charge is 2.20. The third-order valence-electron chi connectivity index (χ3n) is 4.58. The number of hydrogen-bond donors (Lipinski definition) is 2. The zero-order chi connectivity index (χ0) is 17.4. The van der Waals surface area contributed by atoms with Crippen molar-refractivity contribution in [2.75, 3.05) is 6.54 Å². The molecule has 0 fully saturated rings. The summed E-state index contributed by atoms with van der Waals surface area (Å²) in [5.41, 5.74) is 2.53. The van der Waals surface area contributed by atoms with Crippen LogP contribution in [-0.2, 0) is 19.6 Å². The molecule has 1 atom stereocenters. The molecular weight excluding hydrogens is 338 g/mol. The average molecular weight is 359 g/mol. The molecule has 0 aliphatic carbocycles. The van der Waals surface area contributed by atoms with E-state index in [-0.39, 0.29) is 5.56 Å². The van der Waals surface area contributed by atoms with Gasteiger partial charge in [-0.3, -0.25) is 14.4 Å². The number of aromatic nitrogens is 4. The highest BCUT2D eigenvalue weighted by molar-refractivity contribution is 7.17. The average Bonchev–Trinajstić information content (AvgIpc) is 3.18. The first kappa shape index (κ1) is 16.4. The van der Waals surface area contributed by atoms with Gasteiger partial charge in [-0.25, -0.2) is 4.98 Å². The largest absolute Gasteiger partial charge is 0.387 e. The minimum atomic E-state index is -0.508. The predicted molar refractivity (Wildman–Crippen MR) is 96.4 cm³/mol. The monoisotopic (exact) mass is 359 g/mol. The molecule has 7 nitrogen and oxygen atoms in total. The van der Waals surface area contributed by atoms with Gasteiger partial charge in [0.05, 0.1) is 29.6 Å². The van der Waals surface area contributed by atoms with Crippen molar-refractivity contribution >= 4 is 21.6 Å². The Balaban J connectivity index is 1.56. The van der Waals surface area contributed by atoms with E-state index in [4.69, 9.17) is 0 Å². The molecule has 0 radical (unpaired) electrons. The molecule has 4 rings (SSSR count). The molecule has 8 heteroatoms. The molecule has 1 aliphatic rings. The highest BCUT2D eigenvalue weighted by Crippen LogP contribution is 2.21. The lowest BCUT2D eigenvalue weighted by Crippen LogP contribution is -2.25. The lowest BCUT2D eigenvalue weighted by Gasteiger charge is -2.18. The van der Waals surface area contributed by atoms with Gasteiger partial charge in [0, 0.05) is 19.6 Å². The Morgan fingerprint density at radius 3 is 3.16 bits per heavy atom. The van der Waals surface area contributed by atoms with Gasteiger partial charge in [0.1, 0.15) is 10.5 Å². The number of H-pyrrole nitrogens is 1. The number of aliphatic hydroxyl groups excluding tert-OH is 1. The lowest BCUT2D eigenvalue weighted by atomic mass is 10.2. The summed E-state index contributed by atoms with van der Waals surface area (Å²) < 4.78 is 2.67. The number of aliphatic hydroxyl groups is 1. The standard InChI is InChI=1S/C17H21N5O2S/c1-2-14(23)13-8-11-9-21(5-3-6-22(11)20-13)10-15-18-12-4-7-25-16(12)17(24)19-15/h4,7-8,14,23H,2-3,5-6,9-10H2,1H3,(H,18,19,24). The second-order valence-corrected chi connectivity index (χ2v) is 7.34. The van der Waals surface area contributed by atoms with Gasteiger partial charge in [0.2, 0.25) is 0 Å². The third kappa shape index (κ3) is 3.24. The second-order valence-electron chi connectivity index (χ2n) is 6.42. The van der Waals surface area contributed by atoms with Crippen molar-refractivity contribution in [1.82, 2.24) is 24.6 Å². The van der Waals surface area contributed by atoms with Crippen LogP contribution in [0.1, 0.15) is 43.1 Å². The molecule has 3 aromatic rings. The molecule has 0 aromatic carbocycles. The van der Waals surface area contributed by atoms with Crippen molar-refractivity contribution < 1.29 is 5.11 Å². The van der Waals surface area contributed by atoms with E-state index in [1.165, 1.54) is 11.3 Å². The zero-order valence-corrected chi connectivity index (χ0v) is 14.9. The molecule has 0 saturated heterocycles. The molecule has 132 valence electrons. The van der Waals surface area contributed by atoms with Crippen LogP contribution in [0.15, 0.2) is 22.3 Å². The van der Waals surface area contributed by atoms with E-state index >= 15 is 0 Å². The first-order valence-corrected chi connectivity index (χ1v) is 9.45. The SMILES string of the molecule is CCC(O)c1cc2n(n1)CCCN(Cc1nc3ccsc3c(=O)[nH]1)C2. The molecule has 0 saturated carbocycles. The first-order chi connectivity index (χ1) is 12.1. The first-order valence-electron chi connectivity index (χ1n) is 8.57. The van der Waals surface area contributed by atoms with Crippen molar-refractivity contribution in [2.24, 2.45) is 0 Å². The predicted octanol–water partition coefficient (Wildman–Crippen LogP) is 2.03. The number of aromatic amines is 1. The van der Waals surface area contributed by atoms with Crippen LogP contribution in [0.3, 0.4) is 0 Å². The van der Waals surface area contributed by atoms with Gasteiger partial charge >= 0.3 is 0 Å². The molecule has 3 aromatic heterocycles. The molecule has 4 heterocycles. The quantitative estimate of drug-likeness (QED) is 0.744. The maximum absolute atomic E-state index is 12.1. The van der Waals surface area contributed by atoms with Crippen LogP contribution in [0, 0.1) is 0 Å². The molecule has 0 spiro atoms. The van der Waals surface area contributed by atoms with Crippen LogP contribution in [0.4, 0.5) is 0 Å². The third-order valence-corrected chi connectivity index (χ3v) is 5.48. The Morgan fingerprint density at radius 1 is 1.44 bits per heavy atom. The normalized spacial score (nSPS) is 16.7. The molecule has 2 N–H and O–H groups in total. The summed E-state index contributed by atoms with van der Waals surface area (Å²) in [6, 6.07) is 3.87. The molecule has 0 bridgehead atoms. The summed E-state index contributed by atoms with van der Waals surface area (Å²) in [5, 5.41) is 16.5. The summed E-state index contributed by atoms with van der Waals surface area (Å²) in [6.45, 7) is 5.03.